The van der Waals surface area contributed by atoms with E-state index in [1.807, 2.05) is 0 Å². The first-order valence-electron chi connectivity index (χ1n) is 10.5. The molecule has 156 valence electrons. The highest BCUT2D eigenvalue weighted by atomic mass is 32.1. The molecular weight excluding hydrogens is 374 g/mol. The van der Waals surface area contributed by atoms with E-state index >= 15 is 0 Å². The van der Waals surface area contributed by atoms with Gasteiger partial charge in [0.15, 0.2) is 6.54 Å². The SMILES string of the molecule is COCCNC(=O)c1c(NC(=O)C[NH+]2C[C@@H](C)C[C@H](C)C2)sc2c1CCCC2. The lowest BCUT2D eigenvalue weighted by molar-refractivity contribution is -0.904. The third kappa shape index (κ3) is 5.33. The van der Waals surface area contributed by atoms with Gasteiger partial charge in [-0.3, -0.25) is 9.59 Å². The van der Waals surface area contributed by atoms with E-state index in [-0.39, 0.29) is 11.8 Å². The van der Waals surface area contributed by atoms with Crippen LogP contribution in [0, 0.1) is 11.8 Å². The average molecular weight is 409 g/mol. The molecule has 7 heteroatoms. The maximum absolute atomic E-state index is 12.8. The number of ether oxygens (including phenoxy) is 1. The van der Waals surface area contributed by atoms with Crippen molar-refractivity contribution in [3.8, 4) is 0 Å². The second-order valence-electron chi connectivity index (χ2n) is 8.49. The van der Waals surface area contributed by atoms with Gasteiger partial charge in [0.1, 0.15) is 5.00 Å². The molecule has 3 N–H and O–H groups in total. The molecule has 2 heterocycles. The number of methoxy groups -OCH3 is 1. The Kier molecular flexibility index (Phi) is 7.48. The number of carbonyl (C=O) groups is 2. The van der Waals surface area contributed by atoms with Crippen LogP contribution in [0.1, 0.15) is 53.9 Å². The molecule has 6 nitrogen and oxygen atoms in total. The maximum Gasteiger partial charge on any atom is 0.280 e. The summed E-state index contributed by atoms with van der Waals surface area (Å²) in [6.45, 7) is 8.05. The van der Waals surface area contributed by atoms with Crippen LogP contribution in [-0.4, -0.2) is 51.7 Å². The Bertz CT molecular complexity index is 693. The molecular formula is C21H34N3O3S+. The van der Waals surface area contributed by atoms with Crippen LogP contribution < -0.4 is 15.5 Å². The smallest absolute Gasteiger partial charge is 0.280 e. The molecule has 1 aliphatic carbocycles. The Balaban J connectivity index is 1.70. The van der Waals surface area contributed by atoms with Crippen LogP contribution in [0.2, 0.25) is 0 Å². The van der Waals surface area contributed by atoms with E-state index in [9.17, 15) is 9.59 Å². The summed E-state index contributed by atoms with van der Waals surface area (Å²) in [5.74, 6) is 1.23. The number of anilines is 1. The lowest BCUT2D eigenvalue weighted by Gasteiger charge is -2.31. The Morgan fingerprint density at radius 2 is 1.89 bits per heavy atom. The minimum absolute atomic E-state index is 0.0147. The number of rotatable bonds is 7. The fourth-order valence-electron chi connectivity index (χ4n) is 4.71. The molecule has 1 fully saturated rings. The van der Waals surface area contributed by atoms with E-state index in [0.717, 1.165) is 49.3 Å². The fraction of sp³-hybridized carbons (Fsp3) is 0.714. The van der Waals surface area contributed by atoms with E-state index in [0.29, 0.717) is 37.1 Å². The van der Waals surface area contributed by atoms with Crippen molar-refractivity contribution in [2.45, 2.75) is 46.0 Å². The van der Waals surface area contributed by atoms with Crippen LogP contribution in [0.5, 0.6) is 0 Å². The van der Waals surface area contributed by atoms with Gasteiger partial charge in [0.05, 0.1) is 25.3 Å². The van der Waals surface area contributed by atoms with E-state index in [4.69, 9.17) is 4.74 Å². The normalized spacial score (nSPS) is 24.5. The summed E-state index contributed by atoms with van der Waals surface area (Å²) in [4.78, 5) is 28.2. The molecule has 1 aromatic heterocycles. The summed E-state index contributed by atoms with van der Waals surface area (Å²) in [5.41, 5.74) is 1.81. The Labute approximate surface area is 172 Å². The zero-order chi connectivity index (χ0) is 20.1. The summed E-state index contributed by atoms with van der Waals surface area (Å²) in [6, 6.07) is 0. The highest BCUT2D eigenvalue weighted by Gasteiger charge is 2.29. The minimum Gasteiger partial charge on any atom is -0.383 e. The lowest BCUT2D eigenvalue weighted by Crippen LogP contribution is -3.15. The predicted octanol–water partition coefficient (Wildman–Crippen LogP) is 1.50. The number of nitrogens with one attached hydrogen (secondary N) is 3. The van der Waals surface area contributed by atoms with Gasteiger partial charge in [0.2, 0.25) is 0 Å². The Morgan fingerprint density at radius 1 is 1.18 bits per heavy atom. The highest BCUT2D eigenvalue weighted by molar-refractivity contribution is 7.17. The molecule has 0 radical (unpaired) electrons. The molecule has 1 saturated heterocycles. The predicted molar refractivity (Wildman–Crippen MR) is 112 cm³/mol. The first-order valence-corrected chi connectivity index (χ1v) is 11.3. The second kappa shape index (κ2) is 9.85. The standard InChI is InChI=1S/C21H33N3O3S/c1-14-10-15(2)12-24(11-14)13-18(25)23-21-19(20(26)22-8-9-27-3)16-6-4-5-7-17(16)28-21/h14-15H,4-13H2,1-3H3,(H,22,26)(H,23,25)/p+1/t14-,15-/m0/s1. The van der Waals surface area contributed by atoms with Crippen molar-refractivity contribution in [1.29, 1.82) is 0 Å². The van der Waals surface area contributed by atoms with E-state index in [1.165, 1.54) is 16.2 Å². The molecule has 0 saturated carbocycles. The number of fused-ring (bicyclic) bond motifs is 1. The van der Waals surface area contributed by atoms with Crippen molar-refractivity contribution >= 4 is 28.2 Å². The van der Waals surface area contributed by atoms with Gasteiger partial charge in [-0.25, -0.2) is 0 Å². The molecule has 2 atom stereocenters. The number of carbonyl (C=O) groups excluding carboxylic acids is 2. The highest BCUT2D eigenvalue weighted by Crippen LogP contribution is 2.38. The summed E-state index contributed by atoms with van der Waals surface area (Å²) in [7, 11) is 1.62. The van der Waals surface area contributed by atoms with Gasteiger partial charge in [-0.2, -0.15) is 0 Å². The molecule has 3 rings (SSSR count). The van der Waals surface area contributed by atoms with E-state index < -0.39 is 0 Å². The Morgan fingerprint density at radius 3 is 2.61 bits per heavy atom. The monoisotopic (exact) mass is 408 g/mol. The van der Waals surface area contributed by atoms with Crippen LogP contribution >= 0.6 is 11.3 Å². The number of aryl methyl sites for hydroxylation is 1. The zero-order valence-corrected chi connectivity index (χ0v) is 18.2. The summed E-state index contributed by atoms with van der Waals surface area (Å²) in [5, 5.41) is 6.74. The fourth-order valence-corrected chi connectivity index (χ4v) is 6.02. The first kappa shape index (κ1) is 21.3. The number of hydrogen-bond donors (Lipinski definition) is 3. The van der Waals surface area contributed by atoms with Gasteiger partial charge < -0.3 is 20.3 Å². The molecule has 28 heavy (non-hydrogen) atoms. The Hall–Kier alpha value is -1.44. The molecule has 0 unspecified atom stereocenters. The van der Waals surface area contributed by atoms with Crippen molar-refractivity contribution in [3.63, 3.8) is 0 Å². The van der Waals surface area contributed by atoms with Crippen molar-refractivity contribution < 1.29 is 19.2 Å². The van der Waals surface area contributed by atoms with Gasteiger partial charge in [-0.15, -0.1) is 11.3 Å². The van der Waals surface area contributed by atoms with Gasteiger partial charge in [0.25, 0.3) is 11.8 Å². The van der Waals surface area contributed by atoms with Crippen molar-refractivity contribution in [2.75, 3.05) is 45.2 Å². The van der Waals surface area contributed by atoms with Crippen LogP contribution in [0.3, 0.4) is 0 Å². The zero-order valence-electron chi connectivity index (χ0n) is 17.4. The third-order valence-electron chi connectivity index (χ3n) is 5.73. The minimum atomic E-state index is -0.0979. The van der Waals surface area contributed by atoms with Crippen LogP contribution in [-0.2, 0) is 22.4 Å². The van der Waals surface area contributed by atoms with Gasteiger partial charge in [-0.1, -0.05) is 13.8 Å². The number of piperidine rings is 1. The molecule has 2 amide bonds. The van der Waals surface area contributed by atoms with Crippen molar-refractivity contribution in [1.82, 2.24) is 5.32 Å². The van der Waals surface area contributed by atoms with Crippen LogP contribution in [0.4, 0.5) is 5.00 Å². The van der Waals surface area contributed by atoms with Crippen molar-refractivity contribution in [3.05, 3.63) is 16.0 Å². The number of quaternary nitrogens is 1. The molecule has 0 aromatic carbocycles. The van der Waals surface area contributed by atoms with Crippen molar-refractivity contribution in [2.24, 2.45) is 11.8 Å². The van der Waals surface area contributed by atoms with Crippen LogP contribution in [0.15, 0.2) is 0 Å². The lowest BCUT2D eigenvalue weighted by atomic mass is 9.92. The topological polar surface area (TPSA) is 71.9 Å². The second-order valence-corrected chi connectivity index (χ2v) is 9.60. The third-order valence-corrected chi connectivity index (χ3v) is 6.94. The number of thiophene rings is 1. The van der Waals surface area contributed by atoms with E-state index in [2.05, 4.69) is 24.5 Å². The van der Waals surface area contributed by atoms with Gasteiger partial charge >= 0.3 is 0 Å². The number of likely N-dealkylation sites (tertiary alicyclic amines) is 1. The first-order chi connectivity index (χ1) is 13.5. The van der Waals surface area contributed by atoms with Crippen LogP contribution in [0.25, 0.3) is 0 Å². The summed E-state index contributed by atoms with van der Waals surface area (Å²) < 4.78 is 5.03. The van der Waals surface area contributed by atoms with Gasteiger partial charge in [-0.05, 0) is 37.7 Å². The largest absolute Gasteiger partial charge is 0.383 e. The molecule has 0 spiro atoms. The quantitative estimate of drug-likeness (QED) is 0.599. The maximum atomic E-state index is 12.8. The summed E-state index contributed by atoms with van der Waals surface area (Å²) in [6.07, 6.45) is 5.42. The molecule has 1 aliphatic heterocycles. The average Bonchev–Trinajstić information content (AvgIpc) is 2.98. The summed E-state index contributed by atoms with van der Waals surface area (Å²) >= 11 is 1.59. The van der Waals surface area contributed by atoms with E-state index in [1.54, 1.807) is 18.4 Å². The molecule has 2 aliphatic rings. The molecule has 1 aromatic rings. The number of amides is 2. The number of hydrogen-bond acceptors (Lipinski definition) is 4. The molecule has 0 bridgehead atoms. The van der Waals surface area contributed by atoms with Gasteiger partial charge in [0, 0.05) is 30.4 Å².